The molecular formula is C28H29BrNP. The van der Waals surface area contributed by atoms with Crippen LogP contribution >= 0.6 is 7.26 Å². The molecule has 4 rings (SSSR count). The summed E-state index contributed by atoms with van der Waals surface area (Å²) in [6.45, 7) is 2.00. The second-order valence-corrected chi connectivity index (χ2v) is 11.1. The molecule has 0 heterocycles. The summed E-state index contributed by atoms with van der Waals surface area (Å²) in [6.07, 6.45) is 2.17. The summed E-state index contributed by atoms with van der Waals surface area (Å²) in [7, 11) is -1.73. The normalized spacial score (nSPS) is 11.0. The average Bonchev–Trinajstić information content (AvgIpc) is 2.84. The van der Waals surface area contributed by atoms with Crippen molar-refractivity contribution in [2.24, 2.45) is 0 Å². The van der Waals surface area contributed by atoms with Gasteiger partial charge in [0.2, 0.25) is 0 Å². The highest BCUT2D eigenvalue weighted by Crippen LogP contribution is 2.54. The molecule has 0 saturated carbocycles. The summed E-state index contributed by atoms with van der Waals surface area (Å²) in [5.41, 5.74) is 1.39. The van der Waals surface area contributed by atoms with Crippen molar-refractivity contribution in [3.8, 4) is 0 Å². The fraction of sp³-hybridized carbons (Fsp3) is 0.143. The topological polar surface area (TPSA) is 12.0 Å². The van der Waals surface area contributed by atoms with Crippen molar-refractivity contribution in [3.05, 3.63) is 127 Å². The van der Waals surface area contributed by atoms with Gasteiger partial charge >= 0.3 is 0 Å². The van der Waals surface area contributed by atoms with Gasteiger partial charge in [0.25, 0.3) is 0 Å². The maximum atomic E-state index is 3.73. The van der Waals surface area contributed by atoms with Crippen LogP contribution in [0.2, 0.25) is 0 Å². The van der Waals surface area contributed by atoms with E-state index in [0.717, 1.165) is 25.7 Å². The van der Waals surface area contributed by atoms with Gasteiger partial charge in [0.05, 0.1) is 6.16 Å². The number of nitrogens with one attached hydrogen (secondary N) is 1. The van der Waals surface area contributed by atoms with Gasteiger partial charge in [-0.25, -0.2) is 0 Å². The molecule has 0 aromatic heterocycles. The van der Waals surface area contributed by atoms with Crippen molar-refractivity contribution in [3.63, 3.8) is 0 Å². The van der Waals surface area contributed by atoms with Gasteiger partial charge in [-0.05, 0) is 54.9 Å². The lowest BCUT2D eigenvalue weighted by atomic mass is 10.1. The van der Waals surface area contributed by atoms with Crippen LogP contribution in [0.3, 0.4) is 0 Å². The Labute approximate surface area is 197 Å². The first-order valence-corrected chi connectivity index (χ1v) is 12.7. The summed E-state index contributed by atoms with van der Waals surface area (Å²) in [6, 6.07) is 44.1. The number of benzene rings is 4. The second kappa shape index (κ2) is 12.0. The molecule has 4 aromatic carbocycles. The van der Waals surface area contributed by atoms with Gasteiger partial charge in [0.15, 0.2) is 0 Å². The number of hydrogen-bond donors (Lipinski definition) is 1. The standard InChI is InChI=1S/C28H29NP.BrH/c1-5-13-25(14-6-1)21-22-29-23-24-30(26-15-7-2-8-16-26,27-17-9-3-10-18-27)28-19-11-4-12-20-28;/h1-20,29H,21-24H2;1H/q+1;/p-1. The molecular weight excluding hydrogens is 461 g/mol. The van der Waals surface area contributed by atoms with Crippen molar-refractivity contribution in [2.45, 2.75) is 6.42 Å². The molecule has 1 N–H and O–H groups in total. The zero-order chi connectivity index (χ0) is 20.5. The van der Waals surface area contributed by atoms with E-state index in [2.05, 4.69) is 127 Å². The van der Waals surface area contributed by atoms with Gasteiger partial charge in [0, 0.05) is 6.54 Å². The molecule has 0 amide bonds. The van der Waals surface area contributed by atoms with Gasteiger partial charge < -0.3 is 22.3 Å². The Morgan fingerprint density at radius 1 is 0.484 bits per heavy atom. The van der Waals surface area contributed by atoms with Crippen LogP contribution in [0.1, 0.15) is 5.56 Å². The van der Waals surface area contributed by atoms with E-state index in [1.165, 1.54) is 21.5 Å². The molecule has 31 heavy (non-hydrogen) atoms. The van der Waals surface area contributed by atoms with Crippen LogP contribution in [0.15, 0.2) is 121 Å². The highest BCUT2D eigenvalue weighted by atomic mass is 79.9. The number of hydrogen-bond acceptors (Lipinski definition) is 1. The van der Waals surface area contributed by atoms with Gasteiger partial charge in [-0.3, -0.25) is 0 Å². The van der Waals surface area contributed by atoms with Crippen molar-refractivity contribution >= 4 is 23.2 Å². The lowest BCUT2D eigenvalue weighted by molar-refractivity contribution is -0.00000589. The van der Waals surface area contributed by atoms with Gasteiger partial charge in [0.1, 0.15) is 23.2 Å². The summed E-state index contributed by atoms with van der Waals surface area (Å²) < 4.78 is 0. The first-order chi connectivity index (χ1) is 14.9. The van der Waals surface area contributed by atoms with Crippen molar-refractivity contribution < 1.29 is 17.0 Å². The van der Waals surface area contributed by atoms with E-state index in [-0.39, 0.29) is 17.0 Å². The Morgan fingerprint density at radius 2 is 0.871 bits per heavy atom. The first kappa shape index (κ1) is 23.4. The molecule has 0 unspecified atom stereocenters. The molecule has 1 nitrogen and oxygen atoms in total. The Bertz CT molecular complexity index is 911. The molecule has 0 bridgehead atoms. The predicted molar refractivity (Wildman–Crippen MR) is 133 cm³/mol. The minimum atomic E-state index is -1.73. The monoisotopic (exact) mass is 489 g/mol. The zero-order valence-electron chi connectivity index (χ0n) is 17.7. The second-order valence-electron chi connectivity index (χ2n) is 7.53. The minimum absolute atomic E-state index is 0. The maximum absolute atomic E-state index is 3.73. The van der Waals surface area contributed by atoms with Crippen LogP contribution in [-0.4, -0.2) is 19.3 Å². The Kier molecular flexibility index (Phi) is 9.03. The zero-order valence-corrected chi connectivity index (χ0v) is 20.2. The lowest BCUT2D eigenvalue weighted by Crippen LogP contribution is -3.00. The highest BCUT2D eigenvalue weighted by molar-refractivity contribution is 7.95. The van der Waals surface area contributed by atoms with E-state index in [4.69, 9.17) is 0 Å². The summed E-state index contributed by atoms with van der Waals surface area (Å²) >= 11 is 0. The van der Waals surface area contributed by atoms with Crippen molar-refractivity contribution in [1.29, 1.82) is 0 Å². The summed E-state index contributed by atoms with van der Waals surface area (Å²) in [5, 5.41) is 8.08. The molecule has 0 atom stereocenters. The smallest absolute Gasteiger partial charge is 0.113 e. The van der Waals surface area contributed by atoms with Gasteiger partial charge in [-0.2, -0.15) is 0 Å². The van der Waals surface area contributed by atoms with Crippen LogP contribution in [0, 0.1) is 0 Å². The van der Waals surface area contributed by atoms with E-state index < -0.39 is 7.26 Å². The lowest BCUT2D eigenvalue weighted by Gasteiger charge is -2.27. The third-order valence-corrected chi connectivity index (χ3v) is 10.1. The fourth-order valence-corrected chi connectivity index (χ4v) is 8.34. The Hall–Kier alpha value is -2.25. The summed E-state index contributed by atoms with van der Waals surface area (Å²) in [5.74, 6) is 0. The molecule has 0 fully saturated rings. The molecule has 0 radical (unpaired) electrons. The van der Waals surface area contributed by atoms with E-state index in [9.17, 15) is 0 Å². The molecule has 0 aliphatic heterocycles. The third kappa shape index (κ3) is 5.71. The predicted octanol–water partition coefficient (Wildman–Crippen LogP) is 1.82. The van der Waals surface area contributed by atoms with E-state index in [1.54, 1.807) is 0 Å². The minimum Gasteiger partial charge on any atom is -1.00 e. The molecule has 0 aliphatic rings. The molecule has 3 heteroatoms. The van der Waals surface area contributed by atoms with Gasteiger partial charge in [-0.1, -0.05) is 84.9 Å². The third-order valence-electron chi connectivity index (χ3n) is 5.65. The van der Waals surface area contributed by atoms with Gasteiger partial charge in [-0.15, -0.1) is 0 Å². The Morgan fingerprint density at radius 3 is 1.29 bits per heavy atom. The Balaban J connectivity index is 0.00000272. The average molecular weight is 490 g/mol. The summed E-state index contributed by atoms with van der Waals surface area (Å²) in [4.78, 5) is 0. The largest absolute Gasteiger partial charge is 1.00 e. The van der Waals surface area contributed by atoms with Crippen LogP contribution < -0.4 is 38.2 Å². The molecule has 4 aromatic rings. The molecule has 158 valence electrons. The maximum Gasteiger partial charge on any atom is 0.113 e. The molecule has 0 aliphatic carbocycles. The number of halogens is 1. The SMILES string of the molecule is [Br-].c1ccc(CCNCC[P+](c2ccccc2)(c2ccccc2)c2ccccc2)cc1. The van der Waals surface area contributed by atoms with Crippen LogP contribution in [0.25, 0.3) is 0 Å². The fourth-order valence-electron chi connectivity index (χ4n) is 4.13. The van der Waals surface area contributed by atoms with Crippen LogP contribution in [-0.2, 0) is 6.42 Å². The van der Waals surface area contributed by atoms with Crippen LogP contribution in [0.4, 0.5) is 0 Å². The van der Waals surface area contributed by atoms with Crippen molar-refractivity contribution in [2.75, 3.05) is 19.3 Å². The highest BCUT2D eigenvalue weighted by Gasteiger charge is 2.44. The van der Waals surface area contributed by atoms with E-state index in [0.29, 0.717) is 0 Å². The molecule has 0 spiro atoms. The van der Waals surface area contributed by atoms with Crippen molar-refractivity contribution in [1.82, 2.24) is 5.32 Å². The van der Waals surface area contributed by atoms with Crippen LogP contribution in [0.5, 0.6) is 0 Å². The number of rotatable bonds is 9. The van der Waals surface area contributed by atoms with E-state index >= 15 is 0 Å². The quantitative estimate of drug-likeness (QED) is 0.279. The first-order valence-electron chi connectivity index (χ1n) is 10.7. The molecule has 0 saturated heterocycles. The van der Waals surface area contributed by atoms with E-state index in [1.807, 2.05) is 0 Å².